The molecule has 1 aliphatic rings. The zero-order valence-corrected chi connectivity index (χ0v) is 13.1. The van der Waals surface area contributed by atoms with Crippen LogP contribution in [-0.4, -0.2) is 30.1 Å². The quantitative estimate of drug-likeness (QED) is 0.634. The van der Waals surface area contributed by atoms with Gasteiger partial charge in [0.05, 0.1) is 18.2 Å². The van der Waals surface area contributed by atoms with E-state index in [1.54, 1.807) is 0 Å². The normalized spacial score (nSPS) is 15.7. The number of nitrogens with two attached hydrogens (primary N) is 1. The molecule has 3 rings (SSSR count). The molecule has 1 heterocycles. The number of nitrogens with zero attached hydrogens (tertiary/aromatic N) is 1. The molecule has 0 saturated heterocycles. The van der Waals surface area contributed by atoms with Crippen molar-refractivity contribution in [3.8, 4) is 0 Å². The molecular formula is C17H14N2O6. The minimum absolute atomic E-state index is 0.121. The van der Waals surface area contributed by atoms with E-state index in [2.05, 4.69) is 9.57 Å². The molecule has 0 radical (unpaired) electrons. The predicted octanol–water partition coefficient (Wildman–Crippen LogP) is 1.16. The fourth-order valence-electron chi connectivity index (χ4n) is 2.68. The van der Waals surface area contributed by atoms with Gasteiger partial charge in [-0.2, -0.15) is 5.90 Å². The summed E-state index contributed by atoms with van der Waals surface area (Å²) in [7, 11) is 1.27. The summed E-state index contributed by atoms with van der Waals surface area (Å²) in [6, 6.07) is 10.2. The summed E-state index contributed by atoms with van der Waals surface area (Å²) in [4.78, 5) is 40.9. The minimum atomic E-state index is -1.28. The van der Waals surface area contributed by atoms with Crippen molar-refractivity contribution in [1.29, 1.82) is 0 Å². The molecule has 0 saturated carbocycles. The average Bonchev–Trinajstić information content (AvgIpc) is 2.90. The van der Waals surface area contributed by atoms with Crippen molar-refractivity contribution in [3.63, 3.8) is 0 Å². The van der Waals surface area contributed by atoms with Gasteiger partial charge in [-0.3, -0.25) is 9.69 Å². The number of hydrogen-bond donors (Lipinski definition) is 2. The van der Waals surface area contributed by atoms with E-state index in [1.165, 1.54) is 49.6 Å². The number of aliphatic hydroxyl groups is 1. The van der Waals surface area contributed by atoms with Crippen LogP contribution in [0.4, 0.5) is 5.69 Å². The maximum Gasteiger partial charge on any atom is 0.356 e. The number of esters is 1. The molecule has 1 amide bonds. The number of fused-ring (bicyclic) bond motifs is 1. The van der Waals surface area contributed by atoms with Crippen molar-refractivity contribution in [2.45, 2.75) is 6.23 Å². The van der Waals surface area contributed by atoms with Crippen LogP contribution < -0.4 is 10.8 Å². The second kappa shape index (κ2) is 6.34. The SMILES string of the molecule is COC(=O)c1ccc(N2C(=O)c3ccc(C(=O)ON)cc3C2O)cc1. The monoisotopic (exact) mass is 342 g/mol. The first kappa shape index (κ1) is 16.6. The van der Waals surface area contributed by atoms with Crippen molar-refractivity contribution >= 4 is 23.5 Å². The first-order valence-corrected chi connectivity index (χ1v) is 7.23. The number of benzene rings is 2. The van der Waals surface area contributed by atoms with Crippen molar-refractivity contribution in [2.75, 3.05) is 12.0 Å². The van der Waals surface area contributed by atoms with Crippen LogP contribution in [0.3, 0.4) is 0 Å². The van der Waals surface area contributed by atoms with Crippen LogP contribution in [0.25, 0.3) is 0 Å². The molecule has 0 aliphatic carbocycles. The lowest BCUT2D eigenvalue weighted by Crippen LogP contribution is -2.27. The lowest BCUT2D eigenvalue weighted by molar-refractivity contribution is 0.0502. The molecule has 0 bridgehead atoms. The first-order chi connectivity index (χ1) is 12.0. The summed E-state index contributed by atoms with van der Waals surface area (Å²) in [5.41, 5.74) is 1.36. The Balaban J connectivity index is 1.95. The van der Waals surface area contributed by atoms with E-state index in [1.807, 2.05) is 0 Å². The summed E-state index contributed by atoms with van der Waals surface area (Å²) >= 11 is 0. The molecule has 1 unspecified atom stereocenters. The Morgan fingerprint density at radius 2 is 1.72 bits per heavy atom. The van der Waals surface area contributed by atoms with E-state index in [4.69, 9.17) is 5.90 Å². The number of methoxy groups -OCH3 is 1. The van der Waals surface area contributed by atoms with Crippen LogP contribution >= 0.6 is 0 Å². The standard InChI is InChI=1S/C17H14N2O6/c1-24-16(22)9-2-5-11(6-3-9)19-14(20)12-7-4-10(17(23)25-18)8-13(12)15(19)21/h2-8,15,21H,18H2,1H3. The van der Waals surface area contributed by atoms with Gasteiger partial charge in [-0.1, -0.05) is 0 Å². The van der Waals surface area contributed by atoms with Crippen LogP contribution in [0.1, 0.15) is 42.9 Å². The summed E-state index contributed by atoms with van der Waals surface area (Å²) < 4.78 is 4.62. The summed E-state index contributed by atoms with van der Waals surface area (Å²) in [5, 5.41) is 10.5. The smallest absolute Gasteiger partial charge is 0.356 e. The number of hydrogen-bond acceptors (Lipinski definition) is 7. The number of carbonyl (C=O) groups excluding carboxylic acids is 3. The fraction of sp³-hybridized carbons (Fsp3) is 0.118. The molecule has 8 heteroatoms. The molecule has 2 aromatic rings. The third kappa shape index (κ3) is 2.73. The largest absolute Gasteiger partial charge is 0.465 e. The Bertz CT molecular complexity index is 862. The lowest BCUT2D eigenvalue weighted by Gasteiger charge is -2.21. The summed E-state index contributed by atoms with van der Waals surface area (Å²) in [6.07, 6.45) is -1.28. The highest BCUT2D eigenvalue weighted by Gasteiger charge is 2.37. The van der Waals surface area contributed by atoms with Crippen molar-refractivity contribution in [3.05, 3.63) is 64.7 Å². The summed E-state index contributed by atoms with van der Waals surface area (Å²) in [6.45, 7) is 0. The van der Waals surface area contributed by atoms with E-state index in [0.717, 1.165) is 4.90 Å². The molecule has 1 atom stereocenters. The van der Waals surface area contributed by atoms with Gasteiger partial charge in [0.25, 0.3) is 5.91 Å². The Kier molecular flexibility index (Phi) is 4.22. The highest BCUT2D eigenvalue weighted by Crippen LogP contribution is 2.36. The molecule has 0 spiro atoms. The molecule has 128 valence electrons. The van der Waals surface area contributed by atoms with Crippen molar-refractivity contribution < 1.29 is 29.1 Å². The highest BCUT2D eigenvalue weighted by atomic mass is 16.7. The van der Waals surface area contributed by atoms with E-state index >= 15 is 0 Å². The van der Waals surface area contributed by atoms with Gasteiger partial charge in [0.1, 0.15) is 0 Å². The van der Waals surface area contributed by atoms with E-state index in [-0.39, 0.29) is 16.7 Å². The van der Waals surface area contributed by atoms with Crippen LogP contribution in [-0.2, 0) is 9.57 Å². The molecule has 3 N–H and O–H groups in total. The maximum atomic E-state index is 12.6. The Hall–Kier alpha value is -3.23. The fourth-order valence-corrected chi connectivity index (χ4v) is 2.68. The molecule has 0 fully saturated rings. The molecule has 0 aromatic heterocycles. The van der Waals surface area contributed by atoms with Gasteiger partial charge in [-0.05, 0) is 42.5 Å². The van der Waals surface area contributed by atoms with Gasteiger partial charge < -0.3 is 14.7 Å². The third-order valence-electron chi connectivity index (χ3n) is 3.93. The molecule has 2 aromatic carbocycles. The topological polar surface area (TPSA) is 119 Å². The second-order valence-corrected chi connectivity index (χ2v) is 5.29. The van der Waals surface area contributed by atoms with Gasteiger partial charge in [0.2, 0.25) is 0 Å². The van der Waals surface area contributed by atoms with Gasteiger partial charge in [-0.25, -0.2) is 9.59 Å². The lowest BCUT2D eigenvalue weighted by atomic mass is 10.1. The van der Waals surface area contributed by atoms with Crippen LogP contribution in [0, 0.1) is 0 Å². The number of aliphatic hydroxyl groups excluding tert-OH is 1. The Morgan fingerprint density at radius 3 is 2.32 bits per heavy atom. The van der Waals surface area contributed by atoms with Crippen molar-refractivity contribution in [2.24, 2.45) is 5.90 Å². The second-order valence-electron chi connectivity index (χ2n) is 5.29. The molecular weight excluding hydrogens is 328 g/mol. The molecule has 25 heavy (non-hydrogen) atoms. The van der Waals surface area contributed by atoms with Crippen LogP contribution in [0.5, 0.6) is 0 Å². The average molecular weight is 342 g/mol. The maximum absolute atomic E-state index is 12.6. The Morgan fingerprint density at radius 1 is 1.08 bits per heavy atom. The van der Waals surface area contributed by atoms with E-state index in [9.17, 15) is 19.5 Å². The molecule has 8 nitrogen and oxygen atoms in total. The van der Waals surface area contributed by atoms with Crippen molar-refractivity contribution in [1.82, 2.24) is 0 Å². The van der Waals surface area contributed by atoms with Gasteiger partial charge in [-0.15, -0.1) is 0 Å². The third-order valence-corrected chi connectivity index (χ3v) is 3.93. The summed E-state index contributed by atoms with van der Waals surface area (Å²) in [5.74, 6) is 3.14. The first-order valence-electron chi connectivity index (χ1n) is 7.23. The number of anilines is 1. The number of amides is 1. The van der Waals surface area contributed by atoms with Crippen LogP contribution in [0.15, 0.2) is 42.5 Å². The number of rotatable bonds is 3. The zero-order valence-electron chi connectivity index (χ0n) is 13.1. The van der Waals surface area contributed by atoms with Gasteiger partial charge in [0.15, 0.2) is 6.23 Å². The highest BCUT2D eigenvalue weighted by molar-refractivity contribution is 6.11. The van der Waals surface area contributed by atoms with E-state index < -0.39 is 24.1 Å². The van der Waals surface area contributed by atoms with Gasteiger partial charge in [0, 0.05) is 16.8 Å². The Labute approximate surface area is 142 Å². The number of carbonyl (C=O) groups is 3. The van der Waals surface area contributed by atoms with Crippen LogP contribution in [0.2, 0.25) is 0 Å². The molecule has 1 aliphatic heterocycles. The number of ether oxygens (including phenoxy) is 1. The minimum Gasteiger partial charge on any atom is -0.465 e. The van der Waals surface area contributed by atoms with E-state index in [0.29, 0.717) is 11.3 Å². The zero-order chi connectivity index (χ0) is 18.1. The van der Waals surface area contributed by atoms with Gasteiger partial charge >= 0.3 is 11.9 Å². The predicted molar refractivity (Wildman–Crippen MR) is 85.6 cm³/mol.